The van der Waals surface area contributed by atoms with Gasteiger partial charge in [0.1, 0.15) is 61.1 Å². The van der Waals surface area contributed by atoms with E-state index in [-0.39, 0.29) is 48.0 Å². The number of hydrogen-bond donors (Lipinski definition) is 0. The van der Waals surface area contributed by atoms with E-state index < -0.39 is 40.5 Å². The number of benzene rings is 6. The van der Waals surface area contributed by atoms with Crippen LogP contribution in [0.2, 0.25) is 10.0 Å². The Hall–Kier alpha value is -6.26. The van der Waals surface area contributed by atoms with Gasteiger partial charge in [-0.3, -0.25) is 0 Å². The second kappa shape index (κ2) is 19.4. The Morgan fingerprint density at radius 1 is 0.377 bits per heavy atom. The van der Waals surface area contributed by atoms with Crippen LogP contribution in [-0.2, 0) is 5.41 Å². The van der Waals surface area contributed by atoms with Crippen molar-refractivity contribution in [2.75, 3.05) is 26.4 Å². The largest absolute Gasteiger partial charge is 0.490 e. The van der Waals surface area contributed by atoms with Gasteiger partial charge in [-0.15, -0.1) is 0 Å². The minimum absolute atomic E-state index is 0.00938. The highest BCUT2D eigenvalue weighted by molar-refractivity contribution is 6.31. The Morgan fingerprint density at radius 3 is 0.918 bits per heavy atom. The lowest BCUT2D eigenvalue weighted by molar-refractivity contribution is -0.288. The van der Waals surface area contributed by atoms with Crippen LogP contribution in [0.3, 0.4) is 0 Å². The lowest BCUT2D eigenvalue weighted by Crippen LogP contribution is -2.54. The van der Waals surface area contributed by atoms with E-state index in [4.69, 9.17) is 42.1 Å². The molecule has 0 bridgehead atoms. The van der Waals surface area contributed by atoms with Crippen molar-refractivity contribution < 1.29 is 54.1 Å². The third-order valence-electron chi connectivity index (χ3n) is 8.71. The van der Waals surface area contributed by atoms with Gasteiger partial charge in [-0.05, 0) is 120 Å². The van der Waals surface area contributed by atoms with Crippen molar-refractivity contribution in [1.82, 2.24) is 0 Å². The summed E-state index contributed by atoms with van der Waals surface area (Å²) in [5.41, 5.74) is -4.89. The first-order valence-corrected chi connectivity index (χ1v) is 18.7. The van der Waals surface area contributed by atoms with Crippen molar-refractivity contribution in [3.8, 4) is 23.0 Å². The predicted molar refractivity (Wildman–Crippen MR) is 212 cm³/mol. The lowest BCUT2D eigenvalue weighted by atomic mass is 9.73. The van der Waals surface area contributed by atoms with Crippen molar-refractivity contribution in [3.05, 3.63) is 166 Å². The topological polar surface area (TPSA) is 86.4 Å². The number of halogens is 10. The van der Waals surface area contributed by atoms with Gasteiger partial charge in [0, 0.05) is 0 Å². The molecule has 0 aliphatic carbocycles. The molecule has 0 aliphatic heterocycles. The Kier molecular flexibility index (Phi) is 14.1. The fraction of sp³-hybridized carbons (Fsp3) is 0.163. The van der Waals surface area contributed by atoms with Crippen molar-refractivity contribution in [2.45, 2.75) is 17.8 Å². The summed E-state index contributed by atoms with van der Waals surface area (Å²) >= 11 is 11.5. The van der Waals surface area contributed by atoms with E-state index >= 15 is 0 Å². The average Bonchev–Trinajstić information content (AvgIpc) is 3.23. The molecule has 0 saturated carbocycles. The van der Waals surface area contributed by atoms with Crippen LogP contribution in [0, 0.1) is 11.6 Å². The van der Waals surface area contributed by atoms with E-state index in [1.54, 1.807) is 48.5 Å². The molecule has 6 aromatic rings. The van der Waals surface area contributed by atoms with Crippen molar-refractivity contribution >= 4 is 46.0 Å². The summed E-state index contributed by atoms with van der Waals surface area (Å²) in [6.45, 7) is -0.190. The first kappa shape index (κ1) is 44.3. The number of rotatable bonds is 16. The Labute approximate surface area is 353 Å². The van der Waals surface area contributed by atoms with Gasteiger partial charge in [-0.1, -0.05) is 47.5 Å². The lowest BCUT2D eigenvalue weighted by Gasteiger charge is -2.38. The van der Waals surface area contributed by atoms with E-state index in [1.807, 2.05) is 0 Å². The van der Waals surface area contributed by atoms with E-state index in [0.717, 1.165) is 60.7 Å². The molecule has 0 saturated heterocycles. The summed E-state index contributed by atoms with van der Waals surface area (Å²) < 4.78 is 137. The van der Waals surface area contributed by atoms with Crippen LogP contribution in [0.4, 0.5) is 57.9 Å². The number of ether oxygens (including phenoxy) is 4. The minimum atomic E-state index is -5.80. The average molecular weight is 890 g/mol. The van der Waals surface area contributed by atoms with Gasteiger partial charge in [0.25, 0.3) is 0 Å². The summed E-state index contributed by atoms with van der Waals surface area (Å²) in [6.07, 6.45) is -11.6. The molecule has 18 heteroatoms. The number of hydrogen-bond acceptors (Lipinski definition) is 8. The molecule has 6 rings (SSSR count). The second-order valence-corrected chi connectivity index (χ2v) is 13.6. The van der Waals surface area contributed by atoms with Crippen LogP contribution < -0.4 is 18.9 Å². The molecule has 0 spiro atoms. The van der Waals surface area contributed by atoms with Crippen molar-refractivity contribution in [1.29, 1.82) is 0 Å². The summed E-state index contributed by atoms with van der Waals surface area (Å²) in [7, 11) is 0. The van der Waals surface area contributed by atoms with Gasteiger partial charge < -0.3 is 18.9 Å². The molecule has 61 heavy (non-hydrogen) atoms. The summed E-state index contributed by atoms with van der Waals surface area (Å²) in [4.78, 5) is 0. The molecule has 0 fully saturated rings. The molecule has 6 aromatic carbocycles. The molecular formula is C43H30Cl2F8N4O4. The molecule has 0 unspecified atom stereocenters. The standard InChI is InChI=1S/C43H30Cl2F8N4O4/c44-37-25-31(9-19-39(37)46)56-54-29-5-15-35(16-6-29)60-23-21-58-33-11-1-27(2-12-33)41(42(48,49)50,43(51,52)53)28-3-13-34(14-4-28)59-22-24-61-36-17-7-30(8-18-36)55-57-32-10-20-40(47)38(45)26-32/h1-20,25-26H,21-24H2. The van der Waals surface area contributed by atoms with Gasteiger partial charge in [-0.2, -0.15) is 46.8 Å². The first-order valence-electron chi connectivity index (χ1n) is 17.9. The molecule has 0 N–H and O–H groups in total. The van der Waals surface area contributed by atoms with Gasteiger partial charge in [0.05, 0.1) is 32.8 Å². The van der Waals surface area contributed by atoms with Crippen LogP contribution in [0.1, 0.15) is 11.1 Å². The third-order valence-corrected chi connectivity index (χ3v) is 9.29. The molecule has 0 aliphatic rings. The predicted octanol–water partition coefficient (Wildman–Crippen LogP) is 14.4. The number of azo groups is 2. The Morgan fingerprint density at radius 2 is 0.639 bits per heavy atom. The normalized spacial score (nSPS) is 12.2. The quantitative estimate of drug-likeness (QED) is 0.0550. The van der Waals surface area contributed by atoms with Gasteiger partial charge >= 0.3 is 12.4 Å². The zero-order chi connectivity index (χ0) is 43.6. The minimum Gasteiger partial charge on any atom is -0.490 e. The highest BCUT2D eigenvalue weighted by Crippen LogP contribution is 2.56. The van der Waals surface area contributed by atoms with E-state index in [2.05, 4.69) is 20.5 Å². The van der Waals surface area contributed by atoms with E-state index in [0.29, 0.717) is 34.2 Å². The smallest absolute Gasteiger partial charge is 0.411 e. The summed E-state index contributed by atoms with van der Waals surface area (Å²) in [6, 6.07) is 27.6. The van der Waals surface area contributed by atoms with Crippen LogP contribution in [0.25, 0.3) is 0 Å². The van der Waals surface area contributed by atoms with Crippen molar-refractivity contribution in [3.63, 3.8) is 0 Å². The molecule has 316 valence electrons. The Balaban J connectivity index is 1.01. The summed E-state index contributed by atoms with van der Waals surface area (Å²) in [5, 5.41) is 15.9. The number of alkyl halides is 6. The fourth-order valence-corrected chi connectivity index (χ4v) is 6.12. The fourth-order valence-electron chi connectivity index (χ4n) is 5.77. The monoisotopic (exact) mass is 888 g/mol. The van der Waals surface area contributed by atoms with Gasteiger partial charge in [-0.25, -0.2) is 8.78 Å². The van der Waals surface area contributed by atoms with Crippen LogP contribution >= 0.6 is 23.2 Å². The maximum Gasteiger partial charge on any atom is 0.411 e. The zero-order valence-electron chi connectivity index (χ0n) is 31.2. The molecule has 0 radical (unpaired) electrons. The first-order chi connectivity index (χ1) is 29.1. The van der Waals surface area contributed by atoms with E-state index in [9.17, 15) is 35.1 Å². The SMILES string of the molecule is Fc1ccc(N=Nc2ccc(OCCOc3ccc(C(c4ccc(OCCOc5ccc(N=Nc6ccc(F)c(Cl)c6)cc5)cc4)(C(F)(F)F)C(F)(F)F)cc3)cc2)cc1Cl. The molecular weight excluding hydrogens is 859 g/mol. The van der Waals surface area contributed by atoms with Crippen LogP contribution in [0.5, 0.6) is 23.0 Å². The van der Waals surface area contributed by atoms with E-state index in [1.165, 1.54) is 24.3 Å². The zero-order valence-corrected chi connectivity index (χ0v) is 32.7. The molecule has 0 amide bonds. The highest BCUT2D eigenvalue weighted by Gasteiger charge is 2.72. The highest BCUT2D eigenvalue weighted by atomic mass is 35.5. The Bertz CT molecular complexity index is 2280. The summed E-state index contributed by atoms with van der Waals surface area (Å²) in [5.74, 6) is -0.289. The molecule has 0 aromatic heterocycles. The van der Waals surface area contributed by atoms with Crippen LogP contribution in [-0.4, -0.2) is 38.8 Å². The molecule has 0 atom stereocenters. The van der Waals surface area contributed by atoms with Crippen LogP contribution in [0.15, 0.2) is 154 Å². The number of nitrogens with zero attached hydrogens (tertiary/aromatic N) is 4. The second-order valence-electron chi connectivity index (χ2n) is 12.8. The maximum absolute atomic E-state index is 14.7. The van der Waals surface area contributed by atoms with Gasteiger partial charge in [0.2, 0.25) is 5.41 Å². The van der Waals surface area contributed by atoms with Gasteiger partial charge in [0.15, 0.2) is 0 Å². The molecule has 0 heterocycles. The molecule has 8 nitrogen and oxygen atoms in total. The maximum atomic E-state index is 14.7. The van der Waals surface area contributed by atoms with Crippen molar-refractivity contribution in [2.24, 2.45) is 20.5 Å². The third kappa shape index (κ3) is 11.1.